The molecule has 2 aromatic rings. The van der Waals surface area contributed by atoms with Gasteiger partial charge in [0.1, 0.15) is 0 Å². The van der Waals surface area contributed by atoms with Gasteiger partial charge in [-0.15, -0.1) is 0 Å². The van der Waals surface area contributed by atoms with E-state index in [1.54, 1.807) is 0 Å². The SMILES string of the molecule is CCC(C)CC(=O)Nc1ccc(Br)c2ccccc12. The summed E-state index contributed by atoms with van der Waals surface area (Å²) in [6.45, 7) is 4.20. The standard InChI is InChI=1S/C16H18BrNO/c1-3-11(2)10-16(19)18-15-9-8-14(17)12-6-4-5-7-13(12)15/h4-9,11H,3,10H2,1-2H3,(H,18,19). The molecule has 2 nitrogen and oxygen atoms in total. The Labute approximate surface area is 122 Å². The lowest BCUT2D eigenvalue weighted by Gasteiger charge is -2.12. The van der Waals surface area contributed by atoms with Crippen LogP contribution in [0.2, 0.25) is 0 Å². The van der Waals surface area contributed by atoms with Crippen molar-refractivity contribution in [3.8, 4) is 0 Å². The molecule has 2 rings (SSSR count). The topological polar surface area (TPSA) is 29.1 Å². The molecule has 19 heavy (non-hydrogen) atoms. The predicted molar refractivity (Wildman–Crippen MR) is 84.3 cm³/mol. The van der Waals surface area contributed by atoms with Crippen LogP contribution in [0, 0.1) is 5.92 Å². The van der Waals surface area contributed by atoms with Gasteiger partial charge in [-0.2, -0.15) is 0 Å². The van der Waals surface area contributed by atoms with Crippen LogP contribution in [0.1, 0.15) is 26.7 Å². The lowest BCUT2D eigenvalue weighted by Crippen LogP contribution is -2.15. The number of hydrogen-bond acceptors (Lipinski definition) is 1. The third-order valence-electron chi connectivity index (χ3n) is 3.38. The van der Waals surface area contributed by atoms with Crippen LogP contribution in [0.4, 0.5) is 5.69 Å². The summed E-state index contributed by atoms with van der Waals surface area (Å²) in [6, 6.07) is 12.0. The first-order valence-corrected chi connectivity index (χ1v) is 7.38. The maximum absolute atomic E-state index is 12.0. The molecule has 0 aliphatic rings. The van der Waals surface area contributed by atoms with Crippen LogP contribution in [-0.4, -0.2) is 5.91 Å². The summed E-state index contributed by atoms with van der Waals surface area (Å²) in [5.41, 5.74) is 0.882. The number of rotatable bonds is 4. The smallest absolute Gasteiger partial charge is 0.224 e. The molecule has 0 aliphatic carbocycles. The largest absolute Gasteiger partial charge is 0.326 e. The molecular weight excluding hydrogens is 302 g/mol. The van der Waals surface area contributed by atoms with E-state index in [4.69, 9.17) is 0 Å². The number of halogens is 1. The first-order valence-electron chi connectivity index (χ1n) is 6.59. The molecule has 2 aromatic carbocycles. The highest BCUT2D eigenvalue weighted by atomic mass is 79.9. The van der Waals surface area contributed by atoms with Gasteiger partial charge in [-0.05, 0) is 23.4 Å². The number of nitrogens with one attached hydrogen (secondary N) is 1. The van der Waals surface area contributed by atoms with Crippen LogP contribution in [0.5, 0.6) is 0 Å². The number of hydrogen-bond donors (Lipinski definition) is 1. The van der Waals surface area contributed by atoms with Gasteiger partial charge in [-0.3, -0.25) is 4.79 Å². The van der Waals surface area contributed by atoms with E-state index in [2.05, 4.69) is 35.1 Å². The van der Waals surface area contributed by atoms with Crippen molar-refractivity contribution in [3.63, 3.8) is 0 Å². The Hall–Kier alpha value is -1.35. The second-order valence-electron chi connectivity index (χ2n) is 4.91. The van der Waals surface area contributed by atoms with Crippen molar-refractivity contribution in [1.82, 2.24) is 0 Å². The minimum atomic E-state index is 0.0850. The van der Waals surface area contributed by atoms with Crippen LogP contribution in [-0.2, 0) is 4.79 Å². The quantitative estimate of drug-likeness (QED) is 0.846. The fourth-order valence-electron chi connectivity index (χ4n) is 2.03. The maximum Gasteiger partial charge on any atom is 0.224 e. The van der Waals surface area contributed by atoms with Crippen molar-refractivity contribution < 1.29 is 4.79 Å². The van der Waals surface area contributed by atoms with E-state index < -0.39 is 0 Å². The van der Waals surface area contributed by atoms with Gasteiger partial charge < -0.3 is 5.32 Å². The van der Waals surface area contributed by atoms with E-state index >= 15 is 0 Å². The van der Waals surface area contributed by atoms with E-state index in [0.717, 1.165) is 27.4 Å². The molecule has 0 radical (unpaired) electrons. The van der Waals surface area contributed by atoms with E-state index in [9.17, 15) is 4.79 Å². The first-order chi connectivity index (χ1) is 9.11. The Morgan fingerprint density at radius 3 is 2.58 bits per heavy atom. The van der Waals surface area contributed by atoms with E-state index in [1.807, 2.05) is 36.4 Å². The summed E-state index contributed by atoms with van der Waals surface area (Å²) in [4.78, 5) is 12.0. The minimum Gasteiger partial charge on any atom is -0.326 e. The molecule has 1 atom stereocenters. The Kier molecular flexibility index (Phi) is 4.59. The van der Waals surface area contributed by atoms with Gasteiger partial charge in [0.25, 0.3) is 0 Å². The highest BCUT2D eigenvalue weighted by molar-refractivity contribution is 9.10. The van der Waals surface area contributed by atoms with Crippen LogP contribution in [0.15, 0.2) is 40.9 Å². The number of carbonyl (C=O) groups is 1. The Morgan fingerprint density at radius 1 is 1.21 bits per heavy atom. The van der Waals surface area contributed by atoms with Gasteiger partial charge in [-0.25, -0.2) is 0 Å². The molecule has 1 N–H and O–H groups in total. The van der Waals surface area contributed by atoms with Crippen molar-refractivity contribution in [3.05, 3.63) is 40.9 Å². The maximum atomic E-state index is 12.0. The van der Waals surface area contributed by atoms with E-state index in [0.29, 0.717) is 12.3 Å². The summed E-state index contributed by atoms with van der Waals surface area (Å²) in [5, 5.41) is 5.20. The number of fused-ring (bicyclic) bond motifs is 1. The fourth-order valence-corrected chi connectivity index (χ4v) is 2.51. The Morgan fingerprint density at radius 2 is 1.89 bits per heavy atom. The van der Waals surface area contributed by atoms with Crippen molar-refractivity contribution in [2.75, 3.05) is 5.32 Å². The van der Waals surface area contributed by atoms with Crippen LogP contribution in [0.3, 0.4) is 0 Å². The van der Waals surface area contributed by atoms with Crippen LogP contribution in [0.25, 0.3) is 10.8 Å². The zero-order valence-corrected chi connectivity index (χ0v) is 12.8. The molecule has 0 aromatic heterocycles. The first kappa shape index (κ1) is 14.1. The molecule has 1 unspecified atom stereocenters. The zero-order chi connectivity index (χ0) is 13.8. The second-order valence-corrected chi connectivity index (χ2v) is 5.76. The molecule has 0 saturated heterocycles. The molecule has 1 amide bonds. The van der Waals surface area contributed by atoms with Gasteiger partial charge in [0.2, 0.25) is 5.91 Å². The fraction of sp³-hybridized carbons (Fsp3) is 0.312. The Balaban J connectivity index is 2.26. The molecule has 0 spiro atoms. The zero-order valence-electron chi connectivity index (χ0n) is 11.2. The van der Waals surface area contributed by atoms with Crippen molar-refractivity contribution in [2.45, 2.75) is 26.7 Å². The second kappa shape index (κ2) is 6.20. The van der Waals surface area contributed by atoms with Crippen molar-refractivity contribution >= 4 is 38.3 Å². The summed E-state index contributed by atoms with van der Waals surface area (Å²) < 4.78 is 1.04. The van der Waals surface area contributed by atoms with E-state index in [1.165, 1.54) is 0 Å². The lowest BCUT2D eigenvalue weighted by molar-refractivity contribution is -0.117. The molecule has 0 heterocycles. The molecule has 0 saturated carbocycles. The number of carbonyl (C=O) groups excluding carboxylic acids is 1. The van der Waals surface area contributed by atoms with Gasteiger partial charge >= 0.3 is 0 Å². The summed E-state index contributed by atoms with van der Waals surface area (Å²) in [6.07, 6.45) is 1.59. The summed E-state index contributed by atoms with van der Waals surface area (Å²) in [7, 11) is 0. The summed E-state index contributed by atoms with van der Waals surface area (Å²) in [5.74, 6) is 0.503. The third kappa shape index (κ3) is 3.35. The van der Waals surface area contributed by atoms with Gasteiger partial charge in [-0.1, -0.05) is 60.5 Å². The monoisotopic (exact) mass is 319 g/mol. The molecule has 0 fully saturated rings. The van der Waals surface area contributed by atoms with Gasteiger partial charge in [0.05, 0.1) is 0 Å². The molecular formula is C16H18BrNO. The average Bonchev–Trinajstić information content (AvgIpc) is 2.42. The van der Waals surface area contributed by atoms with Crippen LogP contribution >= 0.6 is 15.9 Å². The lowest BCUT2D eigenvalue weighted by atomic mass is 10.0. The van der Waals surface area contributed by atoms with Gasteiger partial charge in [0.15, 0.2) is 0 Å². The number of benzene rings is 2. The van der Waals surface area contributed by atoms with Crippen molar-refractivity contribution in [2.24, 2.45) is 5.92 Å². The number of amides is 1. The molecule has 0 bridgehead atoms. The van der Waals surface area contributed by atoms with Crippen molar-refractivity contribution in [1.29, 1.82) is 0 Å². The average molecular weight is 320 g/mol. The van der Waals surface area contributed by atoms with Gasteiger partial charge in [0, 0.05) is 22.0 Å². The Bertz CT molecular complexity index is 594. The van der Waals surface area contributed by atoms with Crippen LogP contribution < -0.4 is 5.32 Å². The molecule has 3 heteroatoms. The summed E-state index contributed by atoms with van der Waals surface area (Å²) >= 11 is 3.54. The minimum absolute atomic E-state index is 0.0850. The molecule has 100 valence electrons. The normalized spacial score (nSPS) is 12.4. The molecule has 0 aliphatic heterocycles. The van der Waals surface area contributed by atoms with E-state index in [-0.39, 0.29) is 5.91 Å². The third-order valence-corrected chi connectivity index (χ3v) is 4.07. The highest BCUT2D eigenvalue weighted by Crippen LogP contribution is 2.30. The predicted octanol–water partition coefficient (Wildman–Crippen LogP) is 4.98. The highest BCUT2D eigenvalue weighted by Gasteiger charge is 2.10. The number of anilines is 1.